The lowest BCUT2D eigenvalue weighted by atomic mass is 10.4. The van der Waals surface area contributed by atoms with E-state index in [2.05, 4.69) is 17.7 Å². The summed E-state index contributed by atoms with van der Waals surface area (Å²) in [6.45, 7) is 3.80. The summed E-state index contributed by atoms with van der Waals surface area (Å²) in [5.41, 5.74) is 0. The van der Waals surface area contributed by atoms with E-state index in [9.17, 15) is 39.6 Å². The molecule has 4 unspecified atom stereocenters. The molecule has 0 amide bonds. The molecule has 0 aliphatic rings. The van der Waals surface area contributed by atoms with Crippen LogP contribution in [0.3, 0.4) is 0 Å². The van der Waals surface area contributed by atoms with E-state index in [1.165, 1.54) is 0 Å². The summed E-state index contributed by atoms with van der Waals surface area (Å²) >= 11 is 0. The Balaban J connectivity index is 5.89. The fraction of sp³-hybridized carbons (Fsp3) is 0.667. The Kier molecular flexibility index (Phi) is 8.65. The molecule has 0 saturated heterocycles. The monoisotopic (exact) mass is 384 g/mol. The van der Waals surface area contributed by atoms with Crippen molar-refractivity contribution in [1.29, 1.82) is 0 Å². The Labute approximate surface area is 143 Å². The quantitative estimate of drug-likeness (QED) is 0.314. The van der Waals surface area contributed by atoms with Gasteiger partial charge in [-0.15, -0.1) is 0 Å². The number of carbonyl (C=O) groups is 4. The highest BCUT2D eigenvalue weighted by atomic mass is 28.4. The number of hydrogen-bond acceptors (Lipinski definition) is 12. The van der Waals surface area contributed by atoms with E-state index in [1.807, 2.05) is 0 Å². The molecule has 12 nitrogen and oxygen atoms in total. The lowest BCUT2D eigenvalue weighted by Gasteiger charge is -2.26. The van der Waals surface area contributed by atoms with E-state index in [1.54, 1.807) is 0 Å². The minimum atomic E-state index is -5.34. The minimum Gasteiger partial charge on any atom is -0.421 e. The van der Waals surface area contributed by atoms with Crippen LogP contribution < -0.4 is 0 Å². The smallest absolute Gasteiger partial charge is 0.421 e. The van der Waals surface area contributed by atoms with Gasteiger partial charge in [-0.1, -0.05) is 0 Å². The zero-order valence-electron chi connectivity index (χ0n) is 13.9. The second-order valence-electron chi connectivity index (χ2n) is 4.89. The molecule has 0 saturated carbocycles. The van der Waals surface area contributed by atoms with Gasteiger partial charge in [0.1, 0.15) is 24.4 Å². The fourth-order valence-corrected chi connectivity index (χ4v) is 2.88. The Morgan fingerprint density at radius 1 is 0.560 bits per heavy atom. The third-order valence-electron chi connectivity index (χ3n) is 2.27. The van der Waals surface area contributed by atoms with Gasteiger partial charge in [0.15, 0.2) is 0 Å². The highest BCUT2D eigenvalue weighted by Crippen LogP contribution is 2.17. The SMILES string of the molecule is CC(O)C(=O)O[Si](OC(=O)C(C)O)(OC(=O)C(C)O)OC(=O)C(C)O. The Morgan fingerprint density at radius 3 is 0.840 bits per heavy atom. The molecule has 0 aromatic rings. The number of aliphatic hydroxyl groups is 4. The Morgan fingerprint density at radius 2 is 0.720 bits per heavy atom. The summed E-state index contributed by atoms with van der Waals surface area (Å²) in [7, 11) is -5.34. The third kappa shape index (κ3) is 7.57. The van der Waals surface area contributed by atoms with Crippen molar-refractivity contribution in [3.63, 3.8) is 0 Å². The molecule has 0 aliphatic heterocycles. The lowest BCUT2D eigenvalue weighted by Crippen LogP contribution is -2.58. The van der Waals surface area contributed by atoms with Gasteiger partial charge in [-0.3, -0.25) is 19.2 Å². The van der Waals surface area contributed by atoms with Crippen LogP contribution in [0.1, 0.15) is 27.7 Å². The van der Waals surface area contributed by atoms with Crippen molar-refractivity contribution in [2.75, 3.05) is 0 Å². The average molecular weight is 384 g/mol. The van der Waals surface area contributed by atoms with Crippen LogP contribution in [-0.4, -0.2) is 77.8 Å². The minimum absolute atomic E-state index is 0.949. The van der Waals surface area contributed by atoms with Crippen molar-refractivity contribution >= 4 is 32.9 Å². The van der Waals surface area contributed by atoms with Crippen LogP contribution in [-0.2, 0) is 36.9 Å². The molecule has 0 aliphatic carbocycles. The van der Waals surface area contributed by atoms with Crippen LogP contribution in [0.5, 0.6) is 0 Å². The summed E-state index contributed by atoms with van der Waals surface area (Å²) < 4.78 is 18.2. The maximum absolute atomic E-state index is 11.6. The first-order chi connectivity index (χ1) is 11.3. The fourth-order valence-electron chi connectivity index (χ4n) is 0.959. The molecule has 4 N–H and O–H groups in total. The van der Waals surface area contributed by atoms with Gasteiger partial charge in [-0.2, -0.15) is 0 Å². The van der Waals surface area contributed by atoms with Crippen molar-refractivity contribution in [3.8, 4) is 0 Å². The zero-order chi connectivity index (χ0) is 19.9. The summed E-state index contributed by atoms with van der Waals surface area (Å²) in [6.07, 6.45) is -7.19. The normalized spacial score (nSPS) is 17.9. The summed E-state index contributed by atoms with van der Waals surface area (Å²) in [6, 6.07) is 0. The van der Waals surface area contributed by atoms with Crippen molar-refractivity contribution in [1.82, 2.24) is 0 Å². The molecule has 25 heavy (non-hydrogen) atoms. The number of carbonyl (C=O) groups excluding carboxylic acids is 4. The molecule has 0 radical (unpaired) electrons. The van der Waals surface area contributed by atoms with Crippen molar-refractivity contribution < 1.29 is 57.3 Å². The predicted octanol–water partition coefficient (Wildman–Crippen LogP) is -2.88. The maximum Gasteiger partial charge on any atom is 0.975 e. The number of hydrogen-bond donors (Lipinski definition) is 4. The van der Waals surface area contributed by atoms with Crippen LogP contribution >= 0.6 is 0 Å². The second-order valence-corrected chi connectivity index (χ2v) is 6.70. The molecule has 13 heteroatoms. The topological polar surface area (TPSA) is 186 Å². The first kappa shape index (κ1) is 22.9. The summed E-state index contributed by atoms with van der Waals surface area (Å²) in [4.78, 5) is 46.5. The van der Waals surface area contributed by atoms with Crippen LogP contribution in [0.2, 0.25) is 0 Å². The van der Waals surface area contributed by atoms with Gasteiger partial charge >= 0.3 is 32.9 Å². The van der Waals surface area contributed by atoms with E-state index >= 15 is 0 Å². The first-order valence-electron chi connectivity index (χ1n) is 6.95. The second kappa shape index (κ2) is 9.43. The van der Waals surface area contributed by atoms with Gasteiger partial charge in [0.25, 0.3) is 0 Å². The van der Waals surface area contributed by atoms with Gasteiger partial charge in [0.05, 0.1) is 0 Å². The molecule has 0 bridgehead atoms. The number of rotatable bonds is 8. The largest absolute Gasteiger partial charge is 0.975 e. The van der Waals surface area contributed by atoms with Crippen molar-refractivity contribution in [3.05, 3.63) is 0 Å². The highest BCUT2D eigenvalue weighted by Gasteiger charge is 2.64. The van der Waals surface area contributed by atoms with E-state index in [-0.39, 0.29) is 0 Å². The van der Waals surface area contributed by atoms with Crippen LogP contribution in [0.15, 0.2) is 0 Å². The highest BCUT2D eigenvalue weighted by molar-refractivity contribution is 6.61. The van der Waals surface area contributed by atoms with Crippen LogP contribution in [0, 0.1) is 0 Å². The molecule has 4 atom stereocenters. The van der Waals surface area contributed by atoms with Crippen LogP contribution in [0.4, 0.5) is 0 Å². The van der Waals surface area contributed by atoms with Crippen molar-refractivity contribution in [2.45, 2.75) is 52.1 Å². The Bertz CT molecular complexity index is 419. The maximum atomic E-state index is 11.6. The standard InChI is InChI=1S/C12H20O12Si/c1-5(13)9(17)21-25(22-10(18)6(2)14,23-11(19)7(3)15)24-12(20)8(4)16/h5-8,13-16H,1-4H3. The van der Waals surface area contributed by atoms with E-state index < -0.39 is 57.3 Å². The molecule has 0 aromatic heterocycles. The molecule has 0 aromatic carbocycles. The van der Waals surface area contributed by atoms with Gasteiger partial charge in [-0.05, 0) is 27.7 Å². The average Bonchev–Trinajstić information content (AvgIpc) is 2.46. The molecular weight excluding hydrogens is 364 g/mol. The molecule has 0 rings (SSSR count). The molecule has 0 spiro atoms. The number of aliphatic hydroxyl groups excluding tert-OH is 4. The van der Waals surface area contributed by atoms with E-state index in [0.29, 0.717) is 0 Å². The predicted molar refractivity (Wildman–Crippen MR) is 76.8 cm³/mol. The zero-order valence-corrected chi connectivity index (χ0v) is 14.9. The van der Waals surface area contributed by atoms with Crippen LogP contribution in [0.25, 0.3) is 0 Å². The van der Waals surface area contributed by atoms with Gasteiger partial charge in [-0.25, -0.2) is 0 Å². The Hall–Kier alpha value is -2.06. The van der Waals surface area contributed by atoms with Crippen molar-refractivity contribution in [2.24, 2.45) is 0 Å². The molecule has 0 fully saturated rings. The lowest BCUT2D eigenvalue weighted by molar-refractivity contribution is -0.174. The van der Waals surface area contributed by atoms with E-state index in [4.69, 9.17) is 0 Å². The first-order valence-corrected chi connectivity index (χ1v) is 8.58. The van der Waals surface area contributed by atoms with E-state index in [0.717, 1.165) is 27.7 Å². The molecule has 144 valence electrons. The van der Waals surface area contributed by atoms with Gasteiger partial charge in [0, 0.05) is 0 Å². The van der Waals surface area contributed by atoms with Gasteiger partial charge in [0.2, 0.25) is 0 Å². The third-order valence-corrected chi connectivity index (χ3v) is 4.07. The summed E-state index contributed by atoms with van der Waals surface area (Å²) in [5.74, 6) is -5.99. The summed E-state index contributed by atoms with van der Waals surface area (Å²) in [5, 5.41) is 36.8. The van der Waals surface area contributed by atoms with Gasteiger partial charge < -0.3 is 38.1 Å². The molecule has 0 heterocycles. The molecular formula is C12H20O12Si.